The van der Waals surface area contributed by atoms with E-state index in [0.29, 0.717) is 26.1 Å². The van der Waals surface area contributed by atoms with Crippen LogP contribution in [0.25, 0.3) is 0 Å². The Balaban J connectivity index is 2.13. The molecule has 102 valence electrons. The van der Waals surface area contributed by atoms with E-state index in [-0.39, 0.29) is 17.3 Å². The predicted molar refractivity (Wildman–Crippen MR) is 64.4 cm³/mol. The summed E-state index contributed by atoms with van der Waals surface area (Å²) in [4.78, 5) is 21.8. The lowest BCUT2D eigenvalue weighted by Crippen LogP contribution is -2.39. The molecule has 6 nitrogen and oxygen atoms in total. The summed E-state index contributed by atoms with van der Waals surface area (Å²) in [6.45, 7) is 1.09. The first-order chi connectivity index (χ1) is 9.08. The van der Waals surface area contributed by atoms with Crippen molar-refractivity contribution in [3.05, 3.63) is 39.7 Å². The Kier molecular flexibility index (Phi) is 4.06. The minimum Gasteiger partial charge on any atom is -0.381 e. The number of nitro benzene ring substituents is 1. The molecule has 1 aromatic rings. The average Bonchev–Trinajstić information content (AvgIpc) is 2.40. The van der Waals surface area contributed by atoms with Crippen LogP contribution in [-0.2, 0) is 4.74 Å². The number of non-ortho nitro benzene ring substituents is 1. The number of benzene rings is 1. The number of nitrogens with one attached hydrogen (secondary N) is 1. The molecular weight excluding hydrogens is 255 g/mol. The fourth-order valence-corrected chi connectivity index (χ4v) is 1.91. The number of halogens is 1. The zero-order valence-corrected chi connectivity index (χ0v) is 10.1. The standard InChI is InChI=1S/C12H13FN2O4/c13-11-2-1-9(15(17)18)7-10(11)12(16)14-8-3-5-19-6-4-8/h1-2,7-8H,3-6H2,(H,14,16). The van der Waals surface area contributed by atoms with E-state index in [4.69, 9.17) is 4.74 Å². The van der Waals surface area contributed by atoms with Crippen LogP contribution < -0.4 is 5.32 Å². The van der Waals surface area contributed by atoms with Gasteiger partial charge in [0, 0.05) is 31.4 Å². The van der Waals surface area contributed by atoms with Crippen LogP contribution in [0.3, 0.4) is 0 Å². The maximum Gasteiger partial charge on any atom is 0.270 e. The van der Waals surface area contributed by atoms with Gasteiger partial charge >= 0.3 is 0 Å². The van der Waals surface area contributed by atoms with Crippen molar-refractivity contribution in [2.75, 3.05) is 13.2 Å². The minimum absolute atomic E-state index is 0.0834. The molecule has 0 aromatic heterocycles. The number of rotatable bonds is 3. The largest absolute Gasteiger partial charge is 0.381 e. The van der Waals surface area contributed by atoms with Crippen LogP contribution in [-0.4, -0.2) is 30.1 Å². The summed E-state index contributed by atoms with van der Waals surface area (Å²) < 4.78 is 18.7. The van der Waals surface area contributed by atoms with E-state index in [0.717, 1.165) is 18.2 Å². The summed E-state index contributed by atoms with van der Waals surface area (Å²) in [5, 5.41) is 13.3. The number of carbonyl (C=O) groups is 1. The van der Waals surface area contributed by atoms with Gasteiger partial charge in [0.15, 0.2) is 0 Å². The normalized spacial score (nSPS) is 16.1. The van der Waals surface area contributed by atoms with Gasteiger partial charge in [0.2, 0.25) is 0 Å². The smallest absolute Gasteiger partial charge is 0.270 e. The molecule has 1 amide bonds. The van der Waals surface area contributed by atoms with Gasteiger partial charge in [0.25, 0.3) is 11.6 Å². The van der Waals surface area contributed by atoms with Crippen LogP contribution in [0.2, 0.25) is 0 Å². The second kappa shape index (κ2) is 5.75. The molecule has 1 N–H and O–H groups in total. The molecule has 1 aromatic carbocycles. The van der Waals surface area contributed by atoms with Crippen molar-refractivity contribution >= 4 is 11.6 Å². The Hall–Kier alpha value is -2.02. The predicted octanol–water partition coefficient (Wildman–Crippen LogP) is 1.64. The molecule has 0 saturated carbocycles. The number of nitrogens with zero attached hydrogens (tertiary/aromatic N) is 1. The number of hydrogen-bond acceptors (Lipinski definition) is 4. The van der Waals surface area contributed by atoms with Crippen LogP contribution in [0.4, 0.5) is 10.1 Å². The molecule has 0 unspecified atom stereocenters. The molecule has 0 spiro atoms. The highest BCUT2D eigenvalue weighted by atomic mass is 19.1. The van der Waals surface area contributed by atoms with Gasteiger partial charge in [0.1, 0.15) is 5.82 Å². The Morgan fingerprint density at radius 3 is 2.74 bits per heavy atom. The van der Waals surface area contributed by atoms with E-state index in [1.807, 2.05) is 0 Å². The van der Waals surface area contributed by atoms with Gasteiger partial charge in [-0.2, -0.15) is 0 Å². The monoisotopic (exact) mass is 268 g/mol. The molecule has 1 aliphatic heterocycles. The van der Waals surface area contributed by atoms with E-state index in [9.17, 15) is 19.3 Å². The van der Waals surface area contributed by atoms with Crippen molar-refractivity contribution in [3.8, 4) is 0 Å². The fourth-order valence-electron chi connectivity index (χ4n) is 1.91. The first kappa shape index (κ1) is 13.4. The summed E-state index contributed by atoms with van der Waals surface area (Å²) >= 11 is 0. The highest BCUT2D eigenvalue weighted by Crippen LogP contribution is 2.17. The molecular formula is C12H13FN2O4. The lowest BCUT2D eigenvalue weighted by atomic mass is 10.1. The zero-order valence-electron chi connectivity index (χ0n) is 10.1. The van der Waals surface area contributed by atoms with E-state index >= 15 is 0 Å². The molecule has 1 saturated heterocycles. The number of carbonyl (C=O) groups excluding carboxylic acids is 1. The third-order valence-electron chi connectivity index (χ3n) is 2.96. The highest BCUT2D eigenvalue weighted by molar-refractivity contribution is 5.95. The molecule has 1 fully saturated rings. The molecule has 1 heterocycles. The van der Waals surface area contributed by atoms with E-state index in [2.05, 4.69) is 5.32 Å². The van der Waals surface area contributed by atoms with Crippen LogP contribution in [0.15, 0.2) is 18.2 Å². The number of amides is 1. The van der Waals surface area contributed by atoms with Gasteiger partial charge in [-0.1, -0.05) is 0 Å². The van der Waals surface area contributed by atoms with Crippen molar-refractivity contribution in [1.82, 2.24) is 5.32 Å². The number of nitro groups is 1. The van der Waals surface area contributed by atoms with Gasteiger partial charge in [-0.3, -0.25) is 14.9 Å². The summed E-state index contributed by atoms with van der Waals surface area (Å²) in [6, 6.07) is 2.82. The topological polar surface area (TPSA) is 81.5 Å². The summed E-state index contributed by atoms with van der Waals surface area (Å²) in [5.74, 6) is -1.40. The lowest BCUT2D eigenvalue weighted by molar-refractivity contribution is -0.384. The lowest BCUT2D eigenvalue weighted by Gasteiger charge is -2.23. The highest BCUT2D eigenvalue weighted by Gasteiger charge is 2.21. The van der Waals surface area contributed by atoms with Crippen molar-refractivity contribution in [3.63, 3.8) is 0 Å². The average molecular weight is 268 g/mol. The molecule has 0 bridgehead atoms. The second-order valence-electron chi connectivity index (χ2n) is 4.28. The Labute approximate surface area is 108 Å². The molecule has 1 aliphatic rings. The van der Waals surface area contributed by atoms with Crippen LogP contribution in [0.1, 0.15) is 23.2 Å². The van der Waals surface area contributed by atoms with Crippen molar-refractivity contribution in [2.45, 2.75) is 18.9 Å². The summed E-state index contributed by atoms with van der Waals surface area (Å²) in [5.41, 5.74) is -0.612. The number of hydrogen-bond donors (Lipinski definition) is 1. The van der Waals surface area contributed by atoms with Gasteiger partial charge in [-0.25, -0.2) is 4.39 Å². The van der Waals surface area contributed by atoms with E-state index < -0.39 is 16.6 Å². The minimum atomic E-state index is -0.768. The molecule has 0 radical (unpaired) electrons. The van der Waals surface area contributed by atoms with Crippen LogP contribution in [0.5, 0.6) is 0 Å². The van der Waals surface area contributed by atoms with Gasteiger partial charge in [-0.05, 0) is 18.9 Å². The van der Waals surface area contributed by atoms with Gasteiger partial charge < -0.3 is 10.1 Å². The van der Waals surface area contributed by atoms with Crippen molar-refractivity contribution in [2.24, 2.45) is 0 Å². The zero-order chi connectivity index (χ0) is 13.8. The van der Waals surface area contributed by atoms with Gasteiger partial charge in [-0.15, -0.1) is 0 Å². The second-order valence-corrected chi connectivity index (χ2v) is 4.28. The van der Waals surface area contributed by atoms with Crippen LogP contribution in [0, 0.1) is 15.9 Å². The molecule has 2 rings (SSSR count). The maximum absolute atomic E-state index is 13.5. The SMILES string of the molecule is O=C(NC1CCOCC1)c1cc([N+](=O)[O-])ccc1F. The number of ether oxygens (including phenoxy) is 1. The van der Waals surface area contributed by atoms with Gasteiger partial charge in [0.05, 0.1) is 10.5 Å². The molecule has 19 heavy (non-hydrogen) atoms. The summed E-state index contributed by atoms with van der Waals surface area (Å²) in [7, 11) is 0. The first-order valence-corrected chi connectivity index (χ1v) is 5.90. The van der Waals surface area contributed by atoms with E-state index in [1.165, 1.54) is 0 Å². The first-order valence-electron chi connectivity index (χ1n) is 5.90. The molecule has 0 atom stereocenters. The van der Waals surface area contributed by atoms with E-state index in [1.54, 1.807) is 0 Å². The van der Waals surface area contributed by atoms with Crippen molar-refractivity contribution < 1.29 is 18.8 Å². The third kappa shape index (κ3) is 3.25. The third-order valence-corrected chi connectivity index (χ3v) is 2.96. The summed E-state index contributed by atoms with van der Waals surface area (Å²) in [6.07, 6.45) is 1.31. The molecule has 0 aliphatic carbocycles. The Bertz CT molecular complexity index is 501. The fraction of sp³-hybridized carbons (Fsp3) is 0.417. The molecule has 7 heteroatoms. The Morgan fingerprint density at radius 2 is 2.11 bits per heavy atom. The van der Waals surface area contributed by atoms with Crippen LogP contribution >= 0.6 is 0 Å². The quantitative estimate of drug-likeness (QED) is 0.667. The Morgan fingerprint density at radius 1 is 1.42 bits per heavy atom. The van der Waals surface area contributed by atoms with Crippen molar-refractivity contribution in [1.29, 1.82) is 0 Å². The maximum atomic E-state index is 13.5.